The van der Waals surface area contributed by atoms with Gasteiger partial charge >= 0.3 is 0 Å². The van der Waals surface area contributed by atoms with Gasteiger partial charge in [0, 0.05) is 30.9 Å². The maximum Gasteiger partial charge on any atom is 0.261 e. The second-order valence-electron chi connectivity index (χ2n) is 7.05. The predicted octanol–water partition coefficient (Wildman–Crippen LogP) is 3.49. The molecule has 1 aromatic heterocycles. The normalized spacial score (nSPS) is 15.7. The van der Waals surface area contributed by atoms with Crippen molar-refractivity contribution < 1.29 is 14.3 Å². The van der Waals surface area contributed by atoms with Gasteiger partial charge in [0.05, 0.1) is 19.9 Å². The lowest BCUT2D eigenvalue weighted by Gasteiger charge is -2.20. The van der Waals surface area contributed by atoms with E-state index in [0.717, 1.165) is 17.7 Å². The second-order valence-corrected chi connectivity index (χ2v) is 7.05. The zero-order valence-electron chi connectivity index (χ0n) is 17.0. The van der Waals surface area contributed by atoms with Crippen molar-refractivity contribution in [2.45, 2.75) is 12.5 Å². The second kappa shape index (κ2) is 8.82. The molecule has 0 unspecified atom stereocenters. The van der Waals surface area contributed by atoms with Crippen LogP contribution < -0.4 is 14.8 Å². The first-order chi connectivity index (χ1) is 14.7. The first kappa shape index (κ1) is 19.7. The zero-order valence-corrected chi connectivity index (χ0v) is 17.0. The Morgan fingerprint density at radius 1 is 1.03 bits per heavy atom. The lowest BCUT2D eigenvalue weighted by atomic mass is 10.1. The minimum absolute atomic E-state index is 0.0701. The monoisotopic (exact) mass is 404 g/mol. The van der Waals surface area contributed by atoms with E-state index in [-0.39, 0.29) is 11.9 Å². The van der Waals surface area contributed by atoms with Crippen LogP contribution in [0.15, 0.2) is 60.8 Å². The molecule has 4 rings (SSSR count). The molecule has 1 aliphatic heterocycles. The minimum Gasteiger partial charge on any atom is -0.496 e. The minimum atomic E-state index is -0.104. The summed E-state index contributed by atoms with van der Waals surface area (Å²) in [6.07, 6.45) is 2.55. The maximum atomic E-state index is 13.2. The molecule has 1 amide bonds. The van der Waals surface area contributed by atoms with Gasteiger partial charge in [0.1, 0.15) is 17.1 Å². The molecule has 154 valence electrons. The van der Waals surface area contributed by atoms with Crippen LogP contribution in [0.5, 0.6) is 11.5 Å². The van der Waals surface area contributed by atoms with E-state index in [1.165, 1.54) is 0 Å². The number of aromatic nitrogens is 2. The van der Waals surface area contributed by atoms with Crippen molar-refractivity contribution >= 4 is 11.9 Å². The highest BCUT2D eigenvalue weighted by Crippen LogP contribution is 2.31. The number of methoxy groups -OCH3 is 2. The molecule has 0 spiro atoms. The third kappa shape index (κ3) is 4.05. The molecule has 1 atom stereocenters. The van der Waals surface area contributed by atoms with Crippen molar-refractivity contribution in [1.29, 1.82) is 0 Å². The van der Waals surface area contributed by atoms with E-state index in [9.17, 15) is 4.79 Å². The van der Waals surface area contributed by atoms with Gasteiger partial charge in [-0.3, -0.25) is 4.79 Å². The number of carbonyl (C=O) groups is 1. The number of amides is 1. The summed E-state index contributed by atoms with van der Waals surface area (Å²) in [5.41, 5.74) is 2.35. The largest absolute Gasteiger partial charge is 0.496 e. The topological polar surface area (TPSA) is 76.6 Å². The Morgan fingerprint density at radius 3 is 2.47 bits per heavy atom. The van der Waals surface area contributed by atoms with Crippen LogP contribution in [-0.4, -0.2) is 54.1 Å². The van der Waals surface area contributed by atoms with Crippen molar-refractivity contribution in [3.63, 3.8) is 0 Å². The Morgan fingerprint density at radius 2 is 1.77 bits per heavy atom. The standard InChI is InChI=1S/C23H24N4O3/c1-29-19-9-6-10-20(30-2)21(19)22(28)27-14-12-17(15-27)25-23-24-13-11-18(26-23)16-7-4-3-5-8-16/h3-11,13,17H,12,14-15H2,1-2H3,(H,24,25,26)/t17-/m1/s1. The van der Waals surface area contributed by atoms with E-state index < -0.39 is 0 Å². The predicted molar refractivity (Wildman–Crippen MR) is 115 cm³/mol. The molecule has 0 radical (unpaired) electrons. The van der Waals surface area contributed by atoms with Gasteiger partial charge in [0.25, 0.3) is 5.91 Å². The fraction of sp³-hybridized carbons (Fsp3) is 0.261. The van der Waals surface area contributed by atoms with Gasteiger partial charge in [0.15, 0.2) is 0 Å². The average molecular weight is 404 g/mol. The highest BCUT2D eigenvalue weighted by Gasteiger charge is 2.30. The molecule has 2 heterocycles. The van der Waals surface area contributed by atoms with Crippen LogP contribution >= 0.6 is 0 Å². The van der Waals surface area contributed by atoms with Crippen molar-refractivity contribution in [3.05, 3.63) is 66.4 Å². The summed E-state index contributed by atoms with van der Waals surface area (Å²) < 4.78 is 10.8. The Kier molecular flexibility index (Phi) is 5.79. The first-order valence-electron chi connectivity index (χ1n) is 9.85. The van der Waals surface area contributed by atoms with Crippen molar-refractivity contribution in [2.24, 2.45) is 0 Å². The summed E-state index contributed by atoms with van der Waals surface area (Å²) in [6, 6.07) is 17.3. The summed E-state index contributed by atoms with van der Waals surface area (Å²) in [5.74, 6) is 1.47. The van der Waals surface area contributed by atoms with Crippen molar-refractivity contribution in [1.82, 2.24) is 14.9 Å². The molecular formula is C23H24N4O3. The molecule has 0 aliphatic carbocycles. The van der Waals surface area contributed by atoms with Crippen LogP contribution in [0, 0.1) is 0 Å². The van der Waals surface area contributed by atoms with E-state index in [2.05, 4.69) is 15.3 Å². The number of hydrogen-bond donors (Lipinski definition) is 1. The van der Waals surface area contributed by atoms with Gasteiger partial charge in [-0.25, -0.2) is 9.97 Å². The third-order valence-electron chi connectivity index (χ3n) is 5.18. The summed E-state index contributed by atoms with van der Waals surface area (Å²) in [7, 11) is 3.11. The van der Waals surface area contributed by atoms with Gasteiger partial charge in [0.2, 0.25) is 5.95 Å². The third-order valence-corrected chi connectivity index (χ3v) is 5.18. The number of hydrogen-bond acceptors (Lipinski definition) is 6. The van der Waals surface area contributed by atoms with Crippen LogP contribution in [0.2, 0.25) is 0 Å². The summed E-state index contributed by atoms with van der Waals surface area (Å²) in [4.78, 5) is 23.9. The van der Waals surface area contributed by atoms with E-state index in [0.29, 0.717) is 36.1 Å². The van der Waals surface area contributed by atoms with E-state index in [1.54, 1.807) is 43.5 Å². The van der Waals surface area contributed by atoms with E-state index in [1.807, 2.05) is 36.4 Å². The maximum absolute atomic E-state index is 13.2. The average Bonchev–Trinajstić information content (AvgIpc) is 3.27. The number of rotatable bonds is 6. The molecule has 2 aromatic carbocycles. The van der Waals surface area contributed by atoms with Gasteiger partial charge in [-0.1, -0.05) is 36.4 Å². The molecule has 3 aromatic rings. The molecule has 0 saturated carbocycles. The molecule has 7 heteroatoms. The van der Waals surface area contributed by atoms with Gasteiger partial charge < -0.3 is 19.7 Å². The number of benzene rings is 2. The van der Waals surface area contributed by atoms with Crippen molar-refractivity contribution in [2.75, 3.05) is 32.6 Å². The number of nitrogens with zero attached hydrogens (tertiary/aromatic N) is 3. The highest BCUT2D eigenvalue weighted by atomic mass is 16.5. The molecule has 1 aliphatic rings. The summed E-state index contributed by atoms with van der Waals surface area (Å²) in [5, 5.41) is 3.37. The van der Waals surface area contributed by atoms with Crippen LogP contribution in [0.4, 0.5) is 5.95 Å². The molecule has 7 nitrogen and oxygen atoms in total. The SMILES string of the molecule is COc1cccc(OC)c1C(=O)N1CC[C@@H](Nc2nccc(-c3ccccc3)n2)C1. The van der Waals surface area contributed by atoms with Gasteiger partial charge in [-0.2, -0.15) is 0 Å². The summed E-state index contributed by atoms with van der Waals surface area (Å²) in [6.45, 7) is 1.19. The Hall–Kier alpha value is -3.61. The van der Waals surface area contributed by atoms with Crippen molar-refractivity contribution in [3.8, 4) is 22.8 Å². The Balaban J connectivity index is 1.47. The van der Waals surface area contributed by atoms with Crippen LogP contribution in [0.1, 0.15) is 16.8 Å². The number of nitrogens with one attached hydrogen (secondary N) is 1. The fourth-order valence-electron chi connectivity index (χ4n) is 3.66. The molecule has 0 bridgehead atoms. The van der Waals surface area contributed by atoms with Crippen LogP contribution in [-0.2, 0) is 0 Å². The lowest BCUT2D eigenvalue weighted by Crippen LogP contribution is -2.32. The Bertz CT molecular complexity index is 1000. The molecule has 1 fully saturated rings. The molecule has 1 N–H and O–H groups in total. The number of carbonyl (C=O) groups excluding carboxylic acids is 1. The van der Waals surface area contributed by atoms with Gasteiger partial charge in [-0.05, 0) is 24.6 Å². The smallest absolute Gasteiger partial charge is 0.261 e. The molecular weight excluding hydrogens is 380 g/mol. The summed E-state index contributed by atoms with van der Waals surface area (Å²) >= 11 is 0. The quantitative estimate of drug-likeness (QED) is 0.678. The highest BCUT2D eigenvalue weighted by molar-refractivity contribution is 6.00. The van der Waals surface area contributed by atoms with Crippen LogP contribution in [0.3, 0.4) is 0 Å². The number of likely N-dealkylation sites (tertiary alicyclic amines) is 1. The Labute approximate surface area is 175 Å². The first-order valence-corrected chi connectivity index (χ1v) is 9.85. The van der Waals surface area contributed by atoms with Gasteiger partial charge in [-0.15, -0.1) is 0 Å². The van der Waals surface area contributed by atoms with E-state index >= 15 is 0 Å². The molecule has 30 heavy (non-hydrogen) atoms. The zero-order chi connectivity index (χ0) is 20.9. The van der Waals surface area contributed by atoms with E-state index in [4.69, 9.17) is 9.47 Å². The molecule has 1 saturated heterocycles. The van der Waals surface area contributed by atoms with Crippen LogP contribution in [0.25, 0.3) is 11.3 Å². The number of anilines is 1. The fourth-order valence-corrected chi connectivity index (χ4v) is 3.66. The lowest BCUT2D eigenvalue weighted by molar-refractivity contribution is 0.0784. The number of ether oxygens (including phenoxy) is 2.